The monoisotopic (exact) mass is 409 g/mol. The van der Waals surface area contributed by atoms with Gasteiger partial charge in [0.25, 0.3) is 10.0 Å². The van der Waals surface area contributed by atoms with Crippen LogP contribution < -0.4 is 18.9 Å². The maximum absolute atomic E-state index is 12.7. The first-order chi connectivity index (χ1) is 12.9. The molecule has 0 saturated carbocycles. The fraction of sp³-hybridized carbons (Fsp3) is 0.176. The minimum Gasteiger partial charge on any atom is -0.497 e. The number of ether oxygens (including phenoxy) is 3. The number of methoxy groups -OCH3 is 3. The average Bonchev–Trinajstić information content (AvgIpc) is 2.66. The Bertz CT molecular complexity index is 1090. The van der Waals surface area contributed by atoms with Crippen molar-refractivity contribution in [3.8, 4) is 17.2 Å². The normalized spacial score (nSPS) is 11.3. The van der Waals surface area contributed by atoms with Crippen molar-refractivity contribution in [3.05, 3.63) is 41.7 Å². The average molecular weight is 410 g/mol. The highest BCUT2D eigenvalue weighted by Gasteiger charge is 2.19. The Morgan fingerprint density at radius 1 is 0.926 bits per heavy atom. The first kappa shape index (κ1) is 19.0. The third kappa shape index (κ3) is 3.83. The highest BCUT2D eigenvalue weighted by Crippen LogP contribution is 2.35. The molecular formula is C17H16ClN3O5S. The Hall–Kier alpha value is -2.78. The fourth-order valence-corrected chi connectivity index (χ4v) is 3.64. The first-order valence-electron chi connectivity index (χ1n) is 7.64. The van der Waals surface area contributed by atoms with Crippen molar-refractivity contribution >= 4 is 38.3 Å². The summed E-state index contributed by atoms with van der Waals surface area (Å²) in [6.45, 7) is 0. The number of fused-ring (bicyclic) bond motifs is 1. The predicted octanol–water partition coefficient (Wildman–Crippen LogP) is 3.11. The molecule has 0 atom stereocenters. The Balaban J connectivity index is 2.09. The predicted molar refractivity (Wildman–Crippen MR) is 101 cm³/mol. The maximum Gasteiger partial charge on any atom is 0.263 e. The van der Waals surface area contributed by atoms with Crippen LogP contribution in [-0.4, -0.2) is 39.7 Å². The van der Waals surface area contributed by atoms with Gasteiger partial charge in [0.15, 0.2) is 17.3 Å². The summed E-state index contributed by atoms with van der Waals surface area (Å²) in [6, 6.07) is 9.12. The molecule has 3 rings (SSSR count). The van der Waals surface area contributed by atoms with E-state index >= 15 is 0 Å². The van der Waals surface area contributed by atoms with Gasteiger partial charge in [-0.25, -0.2) is 13.4 Å². The van der Waals surface area contributed by atoms with Gasteiger partial charge >= 0.3 is 0 Å². The molecule has 0 spiro atoms. The van der Waals surface area contributed by atoms with Crippen molar-refractivity contribution in [2.75, 3.05) is 26.1 Å². The molecular weight excluding hydrogens is 394 g/mol. The van der Waals surface area contributed by atoms with E-state index in [0.29, 0.717) is 28.2 Å². The smallest absolute Gasteiger partial charge is 0.263 e. The lowest BCUT2D eigenvalue weighted by atomic mass is 10.2. The van der Waals surface area contributed by atoms with Gasteiger partial charge in [0, 0.05) is 11.5 Å². The zero-order chi connectivity index (χ0) is 19.6. The molecule has 0 fully saturated rings. The number of sulfonamides is 1. The third-order valence-electron chi connectivity index (χ3n) is 3.77. The largest absolute Gasteiger partial charge is 0.497 e. The van der Waals surface area contributed by atoms with Crippen molar-refractivity contribution in [3.63, 3.8) is 0 Å². The Labute approximate surface area is 161 Å². The van der Waals surface area contributed by atoms with Crippen molar-refractivity contribution in [2.45, 2.75) is 4.90 Å². The molecule has 142 valence electrons. The fourth-order valence-electron chi connectivity index (χ4n) is 2.45. The minimum atomic E-state index is -3.91. The molecule has 0 radical (unpaired) electrons. The van der Waals surface area contributed by atoms with Gasteiger partial charge < -0.3 is 14.2 Å². The summed E-state index contributed by atoms with van der Waals surface area (Å²) in [5.41, 5.74) is 0.403. The van der Waals surface area contributed by atoms with E-state index < -0.39 is 10.0 Å². The minimum absolute atomic E-state index is 0.0294. The SMILES string of the molecule is COc1ccc(S(=O)(=O)Nc2nc(Cl)nc3cc(OC)c(OC)cc23)cc1. The Morgan fingerprint density at radius 2 is 1.56 bits per heavy atom. The van der Waals surface area contributed by atoms with Gasteiger partial charge in [-0.05, 0) is 41.9 Å². The van der Waals surface area contributed by atoms with E-state index in [2.05, 4.69) is 14.7 Å². The molecule has 0 aliphatic heterocycles. The van der Waals surface area contributed by atoms with Crippen LogP contribution in [0.4, 0.5) is 5.82 Å². The summed E-state index contributed by atoms with van der Waals surface area (Å²) in [6.07, 6.45) is 0. The third-order valence-corrected chi connectivity index (χ3v) is 5.30. The van der Waals surface area contributed by atoms with Gasteiger partial charge in [-0.15, -0.1) is 0 Å². The number of nitrogens with zero attached hydrogens (tertiary/aromatic N) is 2. The summed E-state index contributed by atoms with van der Waals surface area (Å²) < 4.78 is 43.4. The second-order valence-corrected chi connectivity index (χ2v) is 7.37. The first-order valence-corrected chi connectivity index (χ1v) is 9.50. The number of hydrogen-bond donors (Lipinski definition) is 1. The van der Waals surface area contributed by atoms with Crippen molar-refractivity contribution in [2.24, 2.45) is 0 Å². The van der Waals surface area contributed by atoms with E-state index in [1.165, 1.54) is 33.5 Å². The number of benzene rings is 2. The molecule has 0 unspecified atom stereocenters. The standard InChI is InChI=1S/C17H16ClN3O5S/c1-24-10-4-6-11(7-5-10)27(22,23)21-16-12-8-14(25-2)15(26-3)9-13(12)19-17(18)20-16/h4-9H,1-3H3,(H,19,20,21). The van der Waals surface area contributed by atoms with E-state index in [0.717, 1.165) is 0 Å². The molecule has 2 aromatic carbocycles. The summed E-state index contributed by atoms with van der Waals surface area (Å²) in [5, 5.41) is 0.302. The molecule has 1 aromatic heterocycles. The molecule has 3 aromatic rings. The molecule has 0 aliphatic carbocycles. The molecule has 10 heteroatoms. The number of nitrogens with one attached hydrogen (secondary N) is 1. The second-order valence-electron chi connectivity index (χ2n) is 5.35. The molecule has 0 saturated heterocycles. The van der Waals surface area contributed by atoms with E-state index in [1.807, 2.05) is 0 Å². The van der Waals surface area contributed by atoms with Crippen LogP contribution in [-0.2, 0) is 10.0 Å². The quantitative estimate of drug-likeness (QED) is 0.624. The number of aromatic nitrogens is 2. The van der Waals surface area contributed by atoms with Gasteiger partial charge in [0.05, 0.1) is 31.7 Å². The van der Waals surface area contributed by atoms with Gasteiger partial charge in [0.1, 0.15) is 5.75 Å². The van der Waals surface area contributed by atoms with E-state index in [9.17, 15) is 8.42 Å². The molecule has 27 heavy (non-hydrogen) atoms. The van der Waals surface area contributed by atoms with Crippen LogP contribution >= 0.6 is 11.6 Å². The summed E-state index contributed by atoms with van der Waals surface area (Å²) >= 11 is 5.96. The zero-order valence-corrected chi connectivity index (χ0v) is 16.3. The molecule has 0 amide bonds. The van der Waals surface area contributed by atoms with E-state index in [-0.39, 0.29) is 16.0 Å². The number of halogens is 1. The highest BCUT2D eigenvalue weighted by molar-refractivity contribution is 7.92. The topological polar surface area (TPSA) is 99.6 Å². The van der Waals surface area contributed by atoms with Crippen LogP contribution in [0.15, 0.2) is 41.3 Å². The van der Waals surface area contributed by atoms with E-state index in [4.69, 9.17) is 25.8 Å². The lowest BCUT2D eigenvalue weighted by Crippen LogP contribution is -2.14. The van der Waals surface area contributed by atoms with Crippen LogP contribution in [0.25, 0.3) is 10.9 Å². The molecule has 8 nitrogen and oxygen atoms in total. The zero-order valence-electron chi connectivity index (χ0n) is 14.7. The van der Waals surface area contributed by atoms with Crippen LogP contribution in [0.2, 0.25) is 5.28 Å². The van der Waals surface area contributed by atoms with Crippen molar-refractivity contribution < 1.29 is 22.6 Å². The number of rotatable bonds is 6. The van der Waals surface area contributed by atoms with Crippen molar-refractivity contribution in [1.82, 2.24) is 9.97 Å². The lowest BCUT2D eigenvalue weighted by Gasteiger charge is -2.13. The molecule has 1 heterocycles. The molecule has 0 aliphatic rings. The molecule has 0 bridgehead atoms. The Kier molecular flexibility index (Phi) is 5.24. The van der Waals surface area contributed by atoms with Gasteiger partial charge in [-0.3, -0.25) is 4.72 Å². The number of hydrogen-bond acceptors (Lipinski definition) is 7. The summed E-state index contributed by atoms with van der Waals surface area (Å²) in [4.78, 5) is 8.18. The highest BCUT2D eigenvalue weighted by atomic mass is 35.5. The van der Waals surface area contributed by atoms with Gasteiger partial charge in [-0.1, -0.05) is 0 Å². The van der Waals surface area contributed by atoms with E-state index in [1.54, 1.807) is 24.3 Å². The Morgan fingerprint density at radius 3 is 2.15 bits per heavy atom. The van der Waals surface area contributed by atoms with Crippen LogP contribution in [0.1, 0.15) is 0 Å². The summed E-state index contributed by atoms with van der Waals surface area (Å²) in [7, 11) is 0.550. The van der Waals surface area contributed by atoms with Crippen LogP contribution in [0, 0.1) is 0 Å². The summed E-state index contributed by atoms with van der Waals surface area (Å²) in [5.74, 6) is 1.41. The van der Waals surface area contributed by atoms with Gasteiger partial charge in [0.2, 0.25) is 5.28 Å². The van der Waals surface area contributed by atoms with Crippen LogP contribution in [0.5, 0.6) is 17.2 Å². The molecule has 1 N–H and O–H groups in total. The lowest BCUT2D eigenvalue weighted by molar-refractivity contribution is 0.356. The number of anilines is 1. The van der Waals surface area contributed by atoms with Crippen LogP contribution in [0.3, 0.4) is 0 Å². The maximum atomic E-state index is 12.7. The van der Waals surface area contributed by atoms with Gasteiger partial charge in [-0.2, -0.15) is 4.98 Å². The second kappa shape index (κ2) is 7.45. The van der Waals surface area contributed by atoms with Crippen molar-refractivity contribution in [1.29, 1.82) is 0 Å².